The maximum Gasteiger partial charge on any atom is 0.407 e. The van der Waals surface area contributed by atoms with Gasteiger partial charge in [-0.05, 0) is 97.9 Å². The molecule has 0 spiro atoms. The van der Waals surface area contributed by atoms with Crippen molar-refractivity contribution in [2.45, 2.75) is 90.2 Å². The lowest BCUT2D eigenvalue weighted by atomic mass is 9.45. The Hall–Kier alpha value is -1.55. The third-order valence-electron chi connectivity index (χ3n) is 10.3. The summed E-state index contributed by atoms with van der Waals surface area (Å²) in [6, 6.07) is 9.20. The number of aliphatic hydroxyl groups is 1. The van der Waals surface area contributed by atoms with Crippen LogP contribution in [0.4, 0.5) is 4.79 Å². The normalized spacial score (nSPS) is 41.7. The van der Waals surface area contributed by atoms with E-state index in [2.05, 4.69) is 19.2 Å². The topological polar surface area (TPSA) is 58.6 Å². The van der Waals surface area contributed by atoms with Crippen LogP contribution in [-0.2, 0) is 4.74 Å². The summed E-state index contributed by atoms with van der Waals surface area (Å²) in [7, 11) is 0. The highest BCUT2D eigenvalue weighted by molar-refractivity contribution is 5.68. The Morgan fingerprint density at radius 1 is 1.06 bits per heavy atom. The molecule has 2 N–H and O–H groups in total. The Balaban J connectivity index is 1.20. The van der Waals surface area contributed by atoms with E-state index in [1.54, 1.807) is 0 Å². The van der Waals surface area contributed by atoms with Crippen LogP contribution in [0.5, 0.6) is 0 Å². The van der Waals surface area contributed by atoms with Gasteiger partial charge >= 0.3 is 6.09 Å². The van der Waals surface area contributed by atoms with E-state index in [9.17, 15) is 9.90 Å². The summed E-state index contributed by atoms with van der Waals surface area (Å²) in [5.41, 5.74) is 1.93. The highest BCUT2D eigenvalue weighted by Crippen LogP contribution is 2.66. The number of ether oxygens (including phenoxy) is 1. The van der Waals surface area contributed by atoms with Gasteiger partial charge in [-0.3, -0.25) is 0 Å². The Labute approximate surface area is 193 Å². The fraction of sp³-hybridized carbons (Fsp3) is 0.750. The van der Waals surface area contributed by atoms with Gasteiger partial charge in [0.15, 0.2) is 0 Å². The van der Waals surface area contributed by atoms with Gasteiger partial charge in [-0.2, -0.15) is 0 Å². The number of rotatable bonds is 4. The van der Waals surface area contributed by atoms with Gasteiger partial charge < -0.3 is 15.2 Å². The van der Waals surface area contributed by atoms with Crippen molar-refractivity contribution < 1.29 is 14.6 Å². The predicted octanol–water partition coefficient (Wildman–Crippen LogP) is 6.25. The van der Waals surface area contributed by atoms with Crippen LogP contribution >= 0.6 is 0 Å². The standard InChI is InChI=1S/C28H41NO3/c1-27-14-6-9-23(27)22-11-10-20-17-21(12-16-28(20,2)24(22)13-15-27)32-26(31)29-25(18-30)19-7-4-3-5-8-19/h3-5,7-8,20-25,30H,6,9-18H2,1-2H3,(H,29,31)/t20?,21?,22-,23-,24+,25?,27-,28-/m0/s1. The number of hydrogen-bond donors (Lipinski definition) is 2. The van der Waals surface area contributed by atoms with E-state index in [1.165, 1.54) is 51.4 Å². The zero-order valence-corrected chi connectivity index (χ0v) is 19.9. The lowest BCUT2D eigenvalue weighted by molar-refractivity contribution is -0.121. The zero-order chi connectivity index (χ0) is 22.3. The van der Waals surface area contributed by atoms with Crippen LogP contribution in [0.15, 0.2) is 30.3 Å². The monoisotopic (exact) mass is 439 g/mol. The molecular formula is C28H41NO3. The number of nitrogens with one attached hydrogen (secondary N) is 1. The molecule has 1 amide bonds. The lowest BCUT2D eigenvalue weighted by Crippen LogP contribution is -2.53. The molecule has 4 aliphatic carbocycles. The van der Waals surface area contributed by atoms with Crippen molar-refractivity contribution in [2.75, 3.05) is 6.61 Å². The molecule has 4 heteroatoms. The molecule has 3 unspecified atom stereocenters. The second-order valence-electron chi connectivity index (χ2n) is 11.8. The van der Waals surface area contributed by atoms with Crippen LogP contribution in [-0.4, -0.2) is 23.9 Å². The molecule has 0 saturated heterocycles. The number of carbonyl (C=O) groups excluding carboxylic acids is 1. The Kier molecular flexibility index (Phi) is 6.03. The number of hydrogen-bond acceptors (Lipinski definition) is 3. The molecule has 0 bridgehead atoms. The van der Waals surface area contributed by atoms with Gasteiger partial charge in [-0.1, -0.05) is 50.6 Å². The smallest absolute Gasteiger partial charge is 0.407 e. The van der Waals surface area contributed by atoms with Gasteiger partial charge in [0, 0.05) is 0 Å². The summed E-state index contributed by atoms with van der Waals surface area (Å²) in [4.78, 5) is 12.6. The van der Waals surface area contributed by atoms with Crippen LogP contribution in [0.1, 0.15) is 89.7 Å². The summed E-state index contributed by atoms with van der Waals surface area (Å²) < 4.78 is 5.90. The molecule has 5 rings (SSSR count). The molecule has 0 aliphatic heterocycles. The minimum atomic E-state index is -0.420. The molecule has 1 aromatic rings. The highest BCUT2D eigenvalue weighted by Gasteiger charge is 2.58. The Bertz CT molecular complexity index is 812. The molecule has 4 aliphatic rings. The van der Waals surface area contributed by atoms with E-state index >= 15 is 0 Å². The largest absolute Gasteiger partial charge is 0.446 e. The average Bonchev–Trinajstić information content (AvgIpc) is 3.20. The molecule has 0 aromatic heterocycles. The first-order chi connectivity index (χ1) is 15.4. The number of benzene rings is 1. The number of carbonyl (C=O) groups is 1. The minimum absolute atomic E-state index is 0.0000724. The van der Waals surface area contributed by atoms with E-state index in [4.69, 9.17) is 4.74 Å². The first-order valence-electron chi connectivity index (χ1n) is 13.1. The van der Waals surface area contributed by atoms with E-state index < -0.39 is 12.1 Å². The molecule has 4 saturated carbocycles. The molecule has 0 heterocycles. The summed E-state index contributed by atoms with van der Waals surface area (Å²) >= 11 is 0. The van der Waals surface area contributed by atoms with Gasteiger partial charge in [0.05, 0.1) is 12.6 Å². The van der Waals surface area contributed by atoms with Gasteiger partial charge in [0.1, 0.15) is 6.10 Å². The Morgan fingerprint density at radius 2 is 1.88 bits per heavy atom. The second kappa shape index (κ2) is 8.66. The van der Waals surface area contributed by atoms with Gasteiger partial charge in [0.2, 0.25) is 0 Å². The first kappa shape index (κ1) is 22.3. The average molecular weight is 440 g/mol. The van der Waals surface area contributed by atoms with Gasteiger partial charge in [-0.25, -0.2) is 4.79 Å². The van der Waals surface area contributed by atoms with Crippen LogP contribution in [0.2, 0.25) is 0 Å². The van der Waals surface area contributed by atoms with Crippen molar-refractivity contribution in [1.82, 2.24) is 5.32 Å². The summed E-state index contributed by atoms with van der Waals surface area (Å²) in [6.45, 7) is 5.01. The van der Waals surface area contributed by atoms with Gasteiger partial charge in [-0.15, -0.1) is 0 Å². The number of amides is 1. The Morgan fingerprint density at radius 3 is 2.66 bits per heavy atom. The molecule has 1 aromatic carbocycles. The number of alkyl carbamates (subject to hydrolysis) is 1. The van der Waals surface area contributed by atoms with Gasteiger partial charge in [0.25, 0.3) is 0 Å². The van der Waals surface area contributed by atoms with E-state index in [-0.39, 0.29) is 12.7 Å². The maximum atomic E-state index is 12.6. The third-order valence-corrected chi connectivity index (χ3v) is 10.3. The molecule has 4 fully saturated rings. The van der Waals surface area contributed by atoms with Crippen molar-refractivity contribution in [3.63, 3.8) is 0 Å². The molecule has 8 atom stereocenters. The highest BCUT2D eigenvalue weighted by atomic mass is 16.6. The van der Waals surface area contributed by atoms with Crippen molar-refractivity contribution in [1.29, 1.82) is 0 Å². The lowest BCUT2D eigenvalue weighted by Gasteiger charge is -2.60. The van der Waals surface area contributed by atoms with Crippen molar-refractivity contribution in [3.8, 4) is 0 Å². The summed E-state index contributed by atoms with van der Waals surface area (Å²) in [5.74, 6) is 3.41. The fourth-order valence-corrected chi connectivity index (χ4v) is 8.57. The summed E-state index contributed by atoms with van der Waals surface area (Å²) in [5, 5.41) is 12.6. The zero-order valence-electron chi connectivity index (χ0n) is 19.9. The van der Waals surface area contributed by atoms with E-state index in [0.717, 1.165) is 36.2 Å². The number of fused-ring (bicyclic) bond motifs is 5. The SMILES string of the molecule is C[C@@]12CCC[C@H]1[C@@H]1CCC3CC(OC(=O)NC(CO)c4ccccc4)CC[C@]3(C)[C@@H]1CC2. The van der Waals surface area contributed by atoms with Crippen LogP contribution < -0.4 is 5.32 Å². The van der Waals surface area contributed by atoms with Crippen LogP contribution in [0, 0.1) is 34.5 Å². The van der Waals surface area contributed by atoms with Crippen LogP contribution in [0.25, 0.3) is 0 Å². The first-order valence-corrected chi connectivity index (χ1v) is 13.1. The fourth-order valence-electron chi connectivity index (χ4n) is 8.57. The minimum Gasteiger partial charge on any atom is -0.446 e. The van der Waals surface area contributed by atoms with Crippen LogP contribution in [0.3, 0.4) is 0 Å². The van der Waals surface area contributed by atoms with Crippen molar-refractivity contribution in [3.05, 3.63) is 35.9 Å². The van der Waals surface area contributed by atoms with Crippen molar-refractivity contribution >= 4 is 6.09 Å². The summed E-state index contributed by atoms with van der Waals surface area (Å²) in [6.07, 6.45) is 12.6. The molecule has 4 nitrogen and oxygen atoms in total. The molecule has 32 heavy (non-hydrogen) atoms. The van der Waals surface area contributed by atoms with Crippen molar-refractivity contribution in [2.24, 2.45) is 34.5 Å². The molecule has 0 radical (unpaired) electrons. The van der Waals surface area contributed by atoms with E-state index in [0.29, 0.717) is 16.7 Å². The molecular weight excluding hydrogens is 398 g/mol. The predicted molar refractivity (Wildman–Crippen MR) is 126 cm³/mol. The molecule has 176 valence electrons. The van der Waals surface area contributed by atoms with E-state index in [1.807, 2.05) is 30.3 Å². The number of aliphatic hydroxyl groups excluding tert-OH is 1. The second-order valence-corrected chi connectivity index (χ2v) is 11.8. The maximum absolute atomic E-state index is 12.6. The quantitative estimate of drug-likeness (QED) is 0.583. The third kappa shape index (κ3) is 3.87.